The third-order valence-corrected chi connectivity index (χ3v) is 3.06. The van der Waals surface area contributed by atoms with E-state index in [0.29, 0.717) is 6.07 Å². The van der Waals surface area contributed by atoms with Gasteiger partial charge in [-0.1, -0.05) is 0 Å². The van der Waals surface area contributed by atoms with Crippen molar-refractivity contribution in [3.63, 3.8) is 0 Å². The summed E-state index contributed by atoms with van der Waals surface area (Å²) < 4.78 is 67.9. The number of pyridine rings is 1. The second kappa shape index (κ2) is 6.27. The number of nitrogens with zero attached hydrogens (tertiary/aromatic N) is 1. The fraction of sp³-hybridized carbons (Fsp3) is 0.300. The maximum Gasteiger partial charge on any atom is 0.418 e. The lowest BCUT2D eigenvalue weighted by Gasteiger charge is -2.15. The van der Waals surface area contributed by atoms with E-state index in [4.69, 9.17) is 9.66 Å². The van der Waals surface area contributed by atoms with Crippen LogP contribution in [0.25, 0.3) is 0 Å². The van der Waals surface area contributed by atoms with Crippen molar-refractivity contribution in [1.29, 1.82) is 0 Å². The molecule has 0 spiro atoms. The first-order valence-corrected chi connectivity index (χ1v) is 7.04. The number of aromatic nitrogens is 1. The Kier molecular flexibility index (Phi) is 5.09. The molecule has 0 saturated heterocycles. The van der Waals surface area contributed by atoms with Gasteiger partial charge in [0.15, 0.2) is 0 Å². The van der Waals surface area contributed by atoms with E-state index in [2.05, 4.69) is 4.98 Å². The number of carboxylic acids is 1. The number of amides is 1. The number of aliphatic carboxylic acids is 1. The quantitative estimate of drug-likeness (QED) is 0.649. The number of hydrogen-bond acceptors (Lipinski definition) is 5. The van der Waals surface area contributed by atoms with Crippen LogP contribution in [-0.2, 0) is 21.1 Å². The summed E-state index contributed by atoms with van der Waals surface area (Å²) in [5, 5.41) is 10.3. The van der Waals surface area contributed by atoms with Crippen molar-refractivity contribution in [3.8, 4) is 0 Å². The van der Waals surface area contributed by atoms with Crippen LogP contribution in [0.1, 0.15) is 16.1 Å². The van der Waals surface area contributed by atoms with Gasteiger partial charge in [-0.15, -0.1) is 0 Å². The summed E-state index contributed by atoms with van der Waals surface area (Å²) in [7, 11) is -4.77. The Morgan fingerprint density at radius 3 is 2.41 bits per heavy atom. The number of carbonyl (C=O) groups is 2. The van der Waals surface area contributed by atoms with Crippen LogP contribution in [0.2, 0.25) is 0 Å². The highest BCUT2D eigenvalue weighted by atomic mass is 32.2. The lowest BCUT2D eigenvalue weighted by atomic mass is 10.1. The molecule has 3 N–H and O–H groups in total. The normalized spacial score (nSPS) is 13.5. The summed E-state index contributed by atoms with van der Waals surface area (Å²) >= 11 is 0. The first kappa shape index (κ1) is 17.8. The topological polar surface area (TPSA) is 134 Å². The number of rotatable bonds is 5. The van der Waals surface area contributed by atoms with Gasteiger partial charge in [0.2, 0.25) is 0 Å². The summed E-state index contributed by atoms with van der Waals surface area (Å²) in [6.45, 7) is 0. The molecule has 8 nitrogen and oxygen atoms in total. The van der Waals surface area contributed by atoms with Crippen LogP contribution in [0, 0.1) is 0 Å². The second-order valence-electron chi connectivity index (χ2n) is 4.01. The molecule has 22 heavy (non-hydrogen) atoms. The molecule has 0 saturated carbocycles. The molecule has 0 radical (unpaired) electrons. The molecular weight excluding hydrogens is 333 g/mol. The number of alkyl halides is 3. The first-order chi connectivity index (χ1) is 9.92. The van der Waals surface area contributed by atoms with Crippen molar-refractivity contribution in [2.75, 3.05) is 5.75 Å². The van der Waals surface area contributed by atoms with E-state index < -0.39 is 51.2 Å². The summed E-state index contributed by atoms with van der Waals surface area (Å²) in [4.78, 5) is 25.7. The monoisotopic (exact) mass is 342 g/mol. The molecule has 1 amide bonds. The Morgan fingerprint density at radius 2 is 1.95 bits per heavy atom. The van der Waals surface area contributed by atoms with E-state index >= 15 is 0 Å². The molecular formula is C10H9F3N2O6S. The summed E-state index contributed by atoms with van der Waals surface area (Å²) in [6.07, 6.45) is -4.04. The van der Waals surface area contributed by atoms with Gasteiger partial charge in [-0.05, 0) is 12.1 Å². The maximum absolute atomic E-state index is 12.7. The molecule has 1 atom stereocenters. The maximum atomic E-state index is 12.7. The van der Waals surface area contributed by atoms with Crippen molar-refractivity contribution in [2.24, 2.45) is 0 Å². The van der Waals surface area contributed by atoms with Crippen LogP contribution in [0.4, 0.5) is 13.2 Å². The third-order valence-electron chi connectivity index (χ3n) is 2.31. The molecule has 1 aromatic heterocycles. The predicted octanol–water partition coefficient (Wildman–Crippen LogP) is 0.171. The van der Waals surface area contributed by atoms with Crippen LogP contribution in [-0.4, -0.2) is 46.7 Å². The van der Waals surface area contributed by atoms with Crippen molar-refractivity contribution in [3.05, 3.63) is 29.6 Å². The predicted molar refractivity (Wildman–Crippen MR) is 64.5 cm³/mol. The van der Waals surface area contributed by atoms with Crippen molar-refractivity contribution in [1.82, 2.24) is 10.3 Å². The standard InChI is InChI=1S/C10H9F3N2O6S/c11-10(12,13)5-2-1-3-14-7(5)8(16)15-6(9(17)18)4-22(19,20)21/h1-3,6H,4H2,(H,15,16)(H,17,18)(H,19,20,21). The fourth-order valence-corrected chi connectivity index (χ4v) is 2.07. The Morgan fingerprint density at radius 1 is 1.36 bits per heavy atom. The van der Waals surface area contributed by atoms with E-state index in [1.165, 1.54) is 0 Å². The van der Waals surface area contributed by atoms with E-state index in [1.807, 2.05) is 0 Å². The van der Waals surface area contributed by atoms with Gasteiger partial charge >= 0.3 is 12.1 Å². The Labute approximate surface area is 121 Å². The lowest BCUT2D eigenvalue weighted by molar-refractivity contribution is -0.138. The average molecular weight is 342 g/mol. The zero-order valence-electron chi connectivity index (χ0n) is 10.5. The molecule has 12 heteroatoms. The largest absolute Gasteiger partial charge is 0.480 e. The number of carbonyl (C=O) groups excluding carboxylic acids is 1. The molecule has 0 bridgehead atoms. The second-order valence-corrected chi connectivity index (χ2v) is 5.51. The molecule has 1 rings (SSSR count). The smallest absolute Gasteiger partial charge is 0.418 e. The summed E-state index contributed by atoms with van der Waals surface area (Å²) in [5.74, 6) is -4.79. The zero-order chi connectivity index (χ0) is 17.1. The van der Waals surface area contributed by atoms with Crippen molar-refractivity contribution < 1.29 is 40.8 Å². The lowest BCUT2D eigenvalue weighted by Crippen LogP contribution is -2.46. The highest BCUT2D eigenvalue weighted by Gasteiger charge is 2.37. The molecule has 0 aliphatic carbocycles. The molecule has 0 aliphatic rings. The highest BCUT2D eigenvalue weighted by Crippen LogP contribution is 2.30. The summed E-state index contributed by atoms with van der Waals surface area (Å²) in [5.41, 5.74) is -2.53. The minimum Gasteiger partial charge on any atom is -0.480 e. The van der Waals surface area contributed by atoms with Crippen LogP contribution < -0.4 is 5.32 Å². The van der Waals surface area contributed by atoms with Gasteiger partial charge in [-0.2, -0.15) is 21.6 Å². The fourth-order valence-electron chi connectivity index (χ4n) is 1.43. The Balaban J connectivity index is 3.09. The molecule has 0 aliphatic heterocycles. The van der Waals surface area contributed by atoms with Crippen LogP contribution in [0.15, 0.2) is 18.3 Å². The van der Waals surface area contributed by atoms with E-state index in [9.17, 15) is 31.2 Å². The van der Waals surface area contributed by atoms with Crippen LogP contribution >= 0.6 is 0 Å². The van der Waals surface area contributed by atoms with Crippen LogP contribution in [0.5, 0.6) is 0 Å². The van der Waals surface area contributed by atoms with E-state index in [1.54, 1.807) is 5.32 Å². The Bertz CT molecular complexity index is 688. The molecule has 1 unspecified atom stereocenters. The van der Waals surface area contributed by atoms with Gasteiger partial charge in [0.05, 0.1) is 5.56 Å². The number of carboxylic acid groups (broad SMARTS) is 1. The molecule has 0 aromatic carbocycles. The SMILES string of the molecule is O=C(NC(CS(=O)(=O)O)C(=O)O)c1ncccc1C(F)(F)F. The molecule has 0 fully saturated rings. The number of hydrogen-bond donors (Lipinski definition) is 3. The molecule has 1 heterocycles. The summed E-state index contributed by atoms with van der Waals surface area (Å²) in [6, 6.07) is -0.655. The minimum atomic E-state index is -4.91. The third kappa shape index (κ3) is 4.96. The number of halogens is 3. The van der Waals surface area contributed by atoms with Crippen molar-refractivity contribution >= 4 is 22.0 Å². The van der Waals surface area contributed by atoms with Gasteiger partial charge < -0.3 is 10.4 Å². The van der Waals surface area contributed by atoms with Gasteiger partial charge in [0.25, 0.3) is 16.0 Å². The van der Waals surface area contributed by atoms with E-state index in [0.717, 1.165) is 12.3 Å². The average Bonchev–Trinajstić information content (AvgIpc) is 2.35. The van der Waals surface area contributed by atoms with Gasteiger partial charge in [0, 0.05) is 6.20 Å². The Hall–Kier alpha value is -2.21. The minimum absolute atomic E-state index is 0.556. The first-order valence-electron chi connectivity index (χ1n) is 5.43. The van der Waals surface area contributed by atoms with Gasteiger partial charge in [-0.3, -0.25) is 14.3 Å². The van der Waals surface area contributed by atoms with Crippen LogP contribution in [0.3, 0.4) is 0 Å². The highest BCUT2D eigenvalue weighted by molar-refractivity contribution is 7.85. The zero-order valence-corrected chi connectivity index (χ0v) is 11.3. The van der Waals surface area contributed by atoms with Crippen molar-refractivity contribution in [2.45, 2.75) is 12.2 Å². The van der Waals surface area contributed by atoms with Gasteiger partial charge in [0.1, 0.15) is 17.5 Å². The number of nitrogens with one attached hydrogen (secondary N) is 1. The van der Waals surface area contributed by atoms with Gasteiger partial charge in [-0.25, -0.2) is 4.79 Å². The molecule has 1 aromatic rings. The van der Waals surface area contributed by atoms with E-state index in [-0.39, 0.29) is 0 Å². The molecule has 122 valence electrons.